The molecule has 0 aromatic heterocycles. The number of nitro benzene ring substituents is 1. The molecule has 9 nitrogen and oxygen atoms in total. The fraction of sp³-hybridized carbons (Fsp3) is 0.269. The number of nitrogens with zero attached hydrogens (tertiary/aromatic N) is 4. The molecule has 1 N–H and O–H groups in total. The molecule has 0 saturated carbocycles. The summed E-state index contributed by atoms with van der Waals surface area (Å²) in [4.78, 5) is 13.1. The van der Waals surface area contributed by atoms with Gasteiger partial charge in [-0.3, -0.25) is 15.5 Å². The topological polar surface area (TPSA) is 108 Å². The van der Waals surface area contributed by atoms with Crippen molar-refractivity contribution in [3.63, 3.8) is 0 Å². The second-order valence-electron chi connectivity index (χ2n) is 7.99. The molecular formula is C26H31N5O4S. The molecule has 3 aromatic rings. The summed E-state index contributed by atoms with van der Waals surface area (Å²) in [5, 5.41) is 15.7. The second kappa shape index (κ2) is 12.3. The van der Waals surface area contributed by atoms with Crippen molar-refractivity contribution in [3.8, 4) is 0 Å². The molecule has 3 rings (SSSR count). The molecule has 0 spiro atoms. The Morgan fingerprint density at radius 3 is 2.19 bits per heavy atom. The van der Waals surface area contributed by atoms with E-state index < -0.39 is 14.9 Å². The average Bonchev–Trinajstić information content (AvgIpc) is 2.89. The molecule has 0 aliphatic heterocycles. The Morgan fingerprint density at radius 1 is 0.944 bits per heavy atom. The SMILES string of the molecule is CCN(Cc1ccccc1)c1ccc(/C=N\Nc2ccc(S(=O)(=O)N(CC)CC)cc2[N+](=O)[O-])cc1. The van der Waals surface area contributed by atoms with Gasteiger partial charge in [-0.1, -0.05) is 56.3 Å². The van der Waals surface area contributed by atoms with Gasteiger partial charge in [-0.15, -0.1) is 0 Å². The first-order valence-corrected chi connectivity index (χ1v) is 13.2. The van der Waals surface area contributed by atoms with Crippen LogP contribution in [0.25, 0.3) is 0 Å². The van der Waals surface area contributed by atoms with Gasteiger partial charge in [0.25, 0.3) is 5.69 Å². The molecule has 0 heterocycles. The zero-order valence-electron chi connectivity index (χ0n) is 20.7. The van der Waals surface area contributed by atoms with Crippen LogP contribution in [0.2, 0.25) is 0 Å². The van der Waals surface area contributed by atoms with Crippen LogP contribution in [-0.4, -0.2) is 43.5 Å². The summed E-state index contributed by atoms with van der Waals surface area (Å²) in [7, 11) is -3.81. The third-order valence-corrected chi connectivity index (χ3v) is 7.81. The van der Waals surface area contributed by atoms with E-state index in [-0.39, 0.29) is 29.4 Å². The van der Waals surface area contributed by atoms with E-state index in [1.165, 1.54) is 22.0 Å². The molecule has 0 aliphatic carbocycles. The van der Waals surface area contributed by atoms with Gasteiger partial charge in [0, 0.05) is 37.9 Å². The highest BCUT2D eigenvalue weighted by atomic mass is 32.2. The van der Waals surface area contributed by atoms with Gasteiger partial charge in [-0.25, -0.2) is 8.42 Å². The van der Waals surface area contributed by atoms with Gasteiger partial charge in [0.05, 0.1) is 16.0 Å². The number of hydrazone groups is 1. The van der Waals surface area contributed by atoms with Crippen molar-refractivity contribution in [2.75, 3.05) is 30.0 Å². The first-order valence-electron chi connectivity index (χ1n) is 11.8. The van der Waals surface area contributed by atoms with Gasteiger partial charge in [0.2, 0.25) is 10.0 Å². The molecule has 0 atom stereocenters. The van der Waals surface area contributed by atoms with E-state index in [4.69, 9.17) is 0 Å². The molecule has 0 amide bonds. The number of sulfonamides is 1. The zero-order chi connectivity index (χ0) is 26.1. The van der Waals surface area contributed by atoms with Crippen molar-refractivity contribution in [1.29, 1.82) is 0 Å². The van der Waals surface area contributed by atoms with E-state index in [1.54, 1.807) is 20.1 Å². The molecule has 3 aromatic carbocycles. The molecule has 0 saturated heterocycles. The van der Waals surface area contributed by atoms with Gasteiger partial charge in [0.1, 0.15) is 5.69 Å². The summed E-state index contributed by atoms with van der Waals surface area (Å²) in [6.07, 6.45) is 1.56. The molecule has 190 valence electrons. The number of anilines is 2. The number of rotatable bonds is 12. The van der Waals surface area contributed by atoms with E-state index >= 15 is 0 Å². The van der Waals surface area contributed by atoms with Crippen molar-refractivity contribution in [3.05, 3.63) is 94.0 Å². The normalized spacial score (nSPS) is 11.7. The van der Waals surface area contributed by atoms with Crippen LogP contribution in [0.5, 0.6) is 0 Å². The van der Waals surface area contributed by atoms with Crippen LogP contribution >= 0.6 is 0 Å². The van der Waals surface area contributed by atoms with Crippen molar-refractivity contribution < 1.29 is 13.3 Å². The highest BCUT2D eigenvalue weighted by Gasteiger charge is 2.25. The first kappa shape index (κ1) is 26.8. The molecule has 0 fully saturated rings. The van der Waals surface area contributed by atoms with Crippen LogP contribution in [0.15, 0.2) is 82.8 Å². The number of hydrogen-bond donors (Lipinski definition) is 1. The summed E-state index contributed by atoms with van der Waals surface area (Å²) < 4.78 is 26.7. The van der Waals surface area contributed by atoms with Gasteiger partial charge < -0.3 is 4.90 Å². The maximum absolute atomic E-state index is 12.7. The van der Waals surface area contributed by atoms with Gasteiger partial charge in [0.15, 0.2) is 0 Å². The summed E-state index contributed by atoms with van der Waals surface area (Å²) in [5.41, 5.74) is 5.52. The number of hydrogen-bond acceptors (Lipinski definition) is 7. The summed E-state index contributed by atoms with van der Waals surface area (Å²) in [6, 6.07) is 21.9. The van der Waals surface area contributed by atoms with Crippen LogP contribution < -0.4 is 10.3 Å². The Balaban J connectivity index is 1.73. The van der Waals surface area contributed by atoms with Crippen LogP contribution in [0, 0.1) is 10.1 Å². The van der Waals surface area contributed by atoms with Crippen molar-refractivity contribution in [1.82, 2.24) is 4.31 Å². The number of benzene rings is 3. The molecule has 0 bridgehead atoms. The van der Waals surface area contributed by atoms with E-state index in [9.17, 15) is 18.5 Å². The Hall–Kier alpha value is -3.76. The predicted molar refractivity (Wildman–Crippen MR) is 144 cm³/mol. The van der Waals surface area contributed by atoms with E-state index in [2.05, 4.69) is 34.5 Å². The fourth-order valence-corrected chi connectivity index (χ4v) is 5.25. The van der Waals surface area contributed by atoms with Crippen LogP contribution in [0.3, 0.4) is 0 Å². The maximum Gasteiger partial charge on any atom is 0.295 e. The minimum absolute atomic E-state index is 0.103. The largest absolute Gasteiger partial charge is 0.367 e. The van der Waals surface area contributed by atoms with Crippen LogP contribution in [-0.2, 0) is 16.6 Å². The highest BCUT2D eigenvalue weighted by Crippen LogP contribution is 2.29. The Labute approximate surface area is 212 Å². The standard InChI is InChI=1S/C26H31N5O4S/c1-4-29(20-22-10-8-7-9-11-22)23-14-12-21(13-15-23)19-27-28-25-17-16-24(18-26(25)31(32)33)36(34,35)30(5-2)6-3/h7-19,28H,4-6,20H2,1-3H3/b27-19-. The van der Waals surface area contributed by atoms with Crippen molar-refractivity contribution >= 4 is 33.3 Å². The Bertz CT molecular complexity index is 1290. The molecule has 0 unspecified atom stereocenters. The molecule has 10 heteroatoms. The molecule has 0 aliphatic rings. The van der Waals surface area contributed by atoms with E-state index in [0.717, 1.165) is 30.4 Å². The van der Waals surface area contributed by atoms with Gasteiger partial charge >= 0.3 is 0 Å². The Kier molecular flexibility index (Phi) is 9.15. The minimum atomic E-state index is -3.81. The number of nitro groups is 1. The van der Waals surface area contributed by atoms with Crippen LogP contribution in [0.4, 0.5) is 17.1 Å². The van der Waals surface area contributed by atoms with E-state index in [0.29, 0.717) is 0 Å². The summed E-state index contributed by atoms with van der Waals surface area (Å²) in [5.74, 6) is 0. The highest BCUT2D eigenvalue weighted by molar-refractivity contribution is 7.89. The lowest BCUT2D eigenvalue weighted by Crippen LogP contribution is -2.30. The van der Waals surface area contributed by atoms with Crippen LogP contribution in [0.1, 0.15) is 31.9 Å². The fourth-order valence-electron chi connectivity index (χ4n) is 3.77. The van der Waals surface area contributed by atoms with Crippen molar-refractivity contribution in [2.24, 2.45) is 5.10 Å². The quantitative estimate of drug-likeness (QED) is 0.207. The monoisotopic (exact) mass is 509 g/mol. The third-order valence-electron chi connectivity index (χ3n) is 5.76. The van der Waals surface area contributed by atoms with Gasteiger partial charge in [-0.05, 0) is 42.3 Å². The van der Waals surface area contributed by atoms with Gasteiger partial charge in [-0.2, -0.15) is 9.41 Å². The lowest BCUT2D eigenvalue weighted by molar-refractivity contribution is -0.384. The lowest BCUT2D eigenvalue weighted by Gasteiger charge is -2.23. The first-order chi connectivity index (χ1) is 17.3. The molecule has 0 radical (unpaired) electrons. The molecular weight excluding hydrogens is 478 g/mol. The number of nitrogens with one attached hydrogen (secondary N) is 1. The second-order valence-corrected chi connectivity index (χ2v) is 9.92. The lowest BCUT2D eigenvalue weighted by atomic mass is 10.1. The van der Waals surface area contributed by atoms with Crippen molar-refractivity contribution in [2.45, 2.75) is 32.2 Å². The molecule has 36 heavy (non-hydrogen) atoms. The third kappa shape index (κ3) is 6.46. The van der Waals surface area contributed by atoms with E-state index in [1.807, 2.05) is 42.5 Å². The average molecular weight is 510 g/mol. The summed E-state index contributed by atoms with van der Waals surface area (Å²) in [6.45, 7) is 7.75. The maximum atomic E-state index is 12.7. The minimum Gasteiger partial charge on any atom is -0.367 e. The summed E-state index contributed by atoms with van der Waals surface area (Å²) >= 11 is 0. The predicted octanol–water partition coefficient (Wildman–Crippen LogP) is 5.10. The zero-order valence-corrected chi connectivity index (χ0v) is 21.5. The smallest absolute Gasteiger partial charge is 0.295 e. The Morgan fingerprint density at radius 2 is 1.61 bits per heavy atom.